The van der Waals surface area contributed by atoms with Gasteiger partial charge in [-0.05, 0) is 49.3 Å². The van der Waals surface area contributed by atoms with E-state index in [4.69, 9.17) is 15.1 Å². The molecule has 1 aliphatic carbocycles. The Labute approximate surface area is 257 Å². The first-order valence-electron chi connectivity index (χ1n) is 15.3. The van der Waals surface area contributed by atoms with E-state index in [0.29, 0.717) is 47.8 Å². The van der Waals surface area contributed by atoms with Crippen LogP contribution in [-0.4, -0.2) is 76.5 Å². The first kappa shape index (κ1) is 28.9. The van der Waals surface area contributed by atoms with Gasteiger partial charge in [0.2, 0.25) is 5.95 Å². The minimum Gasteiger partial charge on any atom is -0.465 e. The third kappa shape index (κ3) is 5.62. The fourth-order valence-corrected chi connectivity index (χ4v) is 6.46. The van der Waals surface area contributed by atoms with E-state index in [1.807, 2.05) is 11.6 Å². The van der Waals surface area contributed by atoms with E-state index in [9.17, 15) is 18.4 Å². The molecule has 1 fully saturated rings. The number of pyridine rings is 1. The third-order valence-electron chi connectivity index (χ3n) is 8.85. The maximum absolute atomic E-state index is 13.5. The van der Waals surface area contributed by atoms with Gasteiger partial charge in [0.1, 0.15) is 12.2 Å². The highest BCUT2D eigenvalue weighted by atomic mass is 19.1. The Morgan fingerprint density at radius 1 is 1.22 bits per heavy atom. The Morgan fingerprint density at radius 2 is 2.07 bits per heavy atom. The van der Waals surface area contributed by atoms with Crippen molar-refractivity contribution < 1.29 is 23.5 Å². The largest absolute Gasteiger partial charge is 0.465 e. The normalized spacial score (nSPS) is 15.6. The van der Waals surface area contributed by atoms with Crippen molar-refractivity contribution in [2.24, 2.45) is 13.0 Å². The molecule has 1 saturated carbocycles. The second-order valence-corrected chi connectivity index (χ2v) is 12.1. The molecule has 2 amide bonds. The van der Waals surface area contributed by atoms with Crippen LogP contribution in [0.1, 0.15) is 40.9 Å². The average molecular weight is 617 g/mol. The van der Waals surface area contributed by atoms with Crippen LogP contribution >= 0.6 is 0 Å². The predicted molar refractivity (Wildman–Crippen MR) is 163 cm³/mol. The lowest BCUT2D eigenvalue weighted by molar-refractivity contribution is 0.0712. The first-order valence-corrected chi connectivity index (χ1v) is 15.3. The van der Waals surface area contributed by atoms with Crippen molar-refractivity contribution in [3.63, 3.8) is 0 Å². The van der Waals surface area contributed by atoms with Crippen LogP contribution in [0.3, 0.4) is 0 Å². The van der Waals surface area contributed by atoms with Gasteiger partial charge in [-0.1, -0.05) is 18.2 Å². The zero-order chi connectivity index (χ0) is 31.2. The van der Waals surface area contributed by atoms with Crippen molar-refractivity contribution in [1.29, 1.82) is 0 Å². The Bertz CT molecular complexity index is 1920. The van der Waals surface area contributed by atoms with Crippen LogP contribution in [-0.2, 0) is 33.0 Å². The van der Waals surface area contributed by atoms with Crippen molar-refractivity contribution in [2.45, 2.75) is 51.2 Å². The number of rotatable bonds is 11. The van der Waals surface area contributed by atoms with Gasteiger partial charge in [0.15, 0.2) is 11.5 Å². The standard InChI is InChI=1S/C32H34F2N8O3/c1-39-29-25(13-23-24(37-29)9-11-41(31(23)43)16-22(14-33)36-32(44)45)38-30(39)26-12-21-5-2-4-20(28(21)42(26)15-19-7-8-19)6-3-10-40-17-27(34)35-18-40/h2,4-5,12-13,17-19,22,36H,3,6-11,14-16H2,1H3,(H,44,45). The number of alkyl halides is 1. The van der Waals surface area contributed by atoms with Gasteiger partial charge in [0.25, 0.3) is 5.91 Å². The monoisotopic (exact) mass is 616 g/mol. The van der Waals surface area contributed by atoms with Crippen molar-refractivity contribution in [2.75, 3.05) is 19.8 Å². The summed E-state index contributed by atoms with van der Waals surface area (Å²) in [6, 6.07) is 9.27. The molecule has 1 aliphatic heterocycles. The van der Waals surface area contributed by atoms with Crippen molar-refractivity contribution in [3.05, 3.63) is 65.6 Å². The molecule has 1 unspecified atom stereocenters. The van der Waals surface area contributed by atoms with Gasteiger partial charge in [-0.2, -0.15) is 4.39 Å². The van der Waals surface area contributed by atoms with Crippen LogP contribution in [0, 0.1) is 11.9 Å². The van der Waals surface area contributed by atoms with Crippen molar-refractivity contribution >= 4 is 34.1 Å². The van der Waals surface area contributed by atoms with E-state index in [0.717, 1.165) is 36.3 Å². The van der Waals surface area contributed by atoms with Gasteiger partial charge in [-0.25, -0.2) is 24.1 Å². The summed E-state index contributed by atoms with van der Waals surface area (Å²) in [5.41, 5.74) is 5.71. The number of carbonyl (C=O) groups excluding carboxylic acids is 1. The summed E-state index contributed by atoms with van der Waals surface area (Å²) in [4.78, 5) is 39.5. The number of aryl methyl sites for hydroxylation is 3. The summed E-state index contributed by atoms with van der Waals surface area (Å²) >= 11 is 0. The van der Waals surface area contributed by atoms with Crippen LogP contribution in [0.2, 0.25) is 0 Å². The fraction of sp³-hybridized carbons (Fsp3) is 0.406. The van der Waals surface area contributed by atoms with Crippen molar-refractivity contribution in [1.82, 2.24) is 38.9 Å². The van der Waals surface area contributed by atoms with Gasteiger partial charge >= 0.3 is 6.09 Å². The van der Waals surface area contributed by atoms with Gasteiger partial charge in [0.05, 0.1) is 41.0 Å². The predicted octanol–water partition coefficient (Wildman–Crippen LogP) is 4.57. The second kappa shape index (κ2) is 11.6. The summed E-state index contributed by atoms with van der Waals surface area (Å²) in [5, 5.41) is 12.3. The van der Waals surface area contributed by atoms with Crippen LogP contribution in [0.25, 0.3) is 33.6 Å². The zero-order valence-corrected chi connectivity index (χ0v) is 24.9. The molecule has 5 aromatic rings. The summed E-state index contributed by atoms with van der Waals surface area (Å²) in [6.45, 7) is 0.899. The van der Waals surface area contributed by atoms with Gasteiger partial charge in [-0.15, -0.1) is 0 Å². The zero-order valence-electron chi connectivity index (χ0n) is 24.9. The number of para-hydroxylation sites is 1. The van der Waals surface area contributed by atoms with E-state index < -0.39 is 24.8 Å². The molecule has 234 valence electrons. The number of hydrogen-bond acceptors (Lipinski definition) is 5. The summed E-state index contributed by atoms with van der Waals surface area (Å²) < 4.78 is 32.9. The lowest BCUT2D eigenvalue weighted by atomic mass is 10.0. The quantitative estimate of drug-likeness (QED) is 0.224. The maximum Gasteiger partial charge on any atom is 0.405 e. The number of carboxylic acid groups (broad SMARTS) is 1. The highest BCUT2D eigenvalue weighted by molar-refractivity contribution is 5.99. The average Bonchev–Trinajstić information content (AvgIpc) is 3.50. The van der Waals surface area contributed by atoms with E-state index in [2.05, 4.69) is 39.1 Å². The molecule has 0 bridgehead atoms. The molecule has 2 N–H and O–H groups in total. The van der Waals surface area contributed by atoms with Gasteiger partial charge < -0.3 is 29.0 Å². The van der Waals surface area contributed by atoms with E-state index in [-0.39, 0.29) is 12.5 Å². The Hall–Kier alpha value is -4.81. The molecule has 0 radical (unpaired) electrons. The number of imidazole rings is 2. The van der Waals surface area contributed by atoms with E-state index in [1.165, 1.54) is 41.3 Å². The summed E-state index contributed by atoms with van der Waals surface area (Å²) in [5.74, 6) is 0.574. The van der Waals surface area contributed by atoms with E-state index >= 15 is 0 Å². The third-order valence-corrected chi connectivity index (χ3v) is 8.85. The number of nitrogens with zero attached hydrogens (tertiary/aromatic N) is 7. The first-order chi connectivity index (χ1) is 21.8. The summed E-state index contributed by atoms with van der Waals surface area (Å²) in [6.07, 6.45) is 6.11. The molecule has 5 heterocycles. The maximum atomic E-state index is 13.5. The minimum absolute atomic E-state index is 0.0601. The summed E-state index contributed by atoms with van der Waals surface area (Å²) in [7, 11) is 1.94. The van der Waals surface area contributed by atoms with Crippen molar-refractivity contribution in [3.8, 4) is 11.5 Å². The highest BCUT2D eigenvalue weighted by Gasteiger charge is 2.31. The lowest BCUT2D eigenvalue weighted by Gasteiger charge is -2.30. The lowest BCUT2D eigenvalue weighted by Crippen LogP contribution is -2.48. The highest BCUT2D eigenvalue weighted by Crippen LogP contribution is 2.38. The number of amides is 2. The van der Waals surface area contributed by atoms with Crippen LogP contribution in [0.15, 0.2) is 42.9 Å². The number of hydrogen-bond donors (Lipinski definition) is 2. The fourth-order valence-electron chi connectivity index (χ4n) is 6.46. The number of aromatic nitrogens is 6. The molecule has 7 rings (SSSR count). The molecule has 13 heteroatoms. The second-order valence-electron chi connectivity index (χ2n) is 12.1. The number of fused-ring (bicyclic) bond motifs is 3. The molecule has 45 heavy (non-hydrogen) atoms. The molecule has 11 nitrogen and oxygen atoms in total. The van der Waals surface area contributed by atoms with Gasteiger partial charge in [0, 0.05) is 45.0 Å². The Balaban J connectivity index is 1.23. The number of nitrogens with one attached hydrogen (secondary N) is 1. The molecule has 1 aromatic carbocycles. The van der Waals surface area contributed by atoms with Gasteiger partial charge in [-0.3, -0.25) is 4.79 Å². The van der Waals surface area contributed by atoms with Crippen LogP contribution < -0.4 is 5.32 Å². The van der Waals surface area contributed by atoms with E-state index in [1.54, 1.807) is 10.6 Å². The number of halogens is 2. The Morgan fingerprint density at radius 3 is 2.80 bits per heavy atom. The smallest absolute Gasteiger partial charge is 0.405 e. The molecular formula is C32H34F2N8O3. The topological polar surface area (TPSA) is 123 Å². The molecule has 0 spiro atoms. The molecule has 4 aromatic heterocycles. The molecule has 2 aliphatic rings. The number of benzene rings is 1. The SMILES string of the molecule is Cn1c(-c2cc3cccc(CCCn4cnc(F)c4)c3n2CC2CC2)nc2cc3c(nc21)CCN(CC(CF)NC(=O)O)C3=O. The number of carbonyl (C=O) groups is 2. The molecular weight excluding hydrogens is 582 g/mol. The molecule has 1 atom stereocenters. The van der Waals surface area contributed by atoms with Crippen LogP contribution in [0.4, 0.5) is 13.6 Å². The Kier molecular flexibility index (Phi) is 7.46. The minimum atomic E-state index is -1.33. The molecule has 0 saturated heterocycles. The van der Waals surface area contributed by atoms with Crippen LogP contribution in [0.5, 0.6) is 0 Å².